The van der Waals surface area contributed by atoms with Gasteiger partial charge in [-0.25, -0.2) is 9.67 Å². The summed E-state index contributed by atoms with van der Waals surface area (Å²) in [7, 11) is 0. The van der Waals surface area contributed by atoms with Gasteiger partial charge in [0, 0.05) is 35.9 Å². The van der Waals surface area contributed by atoms with Gasteiger partial charge in [-0.1, -0.05) is 17.7 Å². The van der Waals surface area contributed by atoms with Crippen molar-refractivity contribution in [3.05, 3.63) is 70.8 Å². The van der Waals surface area contributed by atoms with Crippen LogP contribution in [0.3, 0.4) is 0 Å². The van der Waals surface area contributed by atoms with Crippen LogP contribution in [0.4, 0.5) is 5.82 Å². The second-order valence-electron chi connectivity index (χ2n) is 7.97. The van der Waals surface area contributed by atoms with E-state index in [-0.39, 0.29) is 6.10 Å². The fourth-order valence-electron chi connectivity index (χ4n) is 4.28. The van der Waals surface area contributed by atoms with Crippen LogP contribution in [0.15, 0.2) is 42.9 Å². The molecule has 8 nitrogen and oxygen atoms in total. The number of fused-ring (bicyclic) bond motifs is 7. The molecular formula is C24H23N7O. The maximum atomic E-state index is 9.78. The summed E-state index contributed by atoms with van der Waals surface area (Å²) in [6, 6.07) is 10.3. The van der Waals surface area contributed by atoms with Crippen LogP contribution < -0.4 is 10.5 Å². The molecule has 1 unspecified atom stereocenters. The Bertz CT molecular complexity index is 1380. The Hall–Kier alpha value is -4.12. The van der Waals surface area contributed by atoms with Gasteiger partial charge in [-0.15, -0.1) is 0 Å². The van der Waals surface area contributed by atoms with Crippen LogP contribution in [-0.4, -0.2) is 24.5 Å². The summed E-state index contributed by atoms with van der Waals surface area (Å²) >= 11 is 0. The van der Waals surface area contributed by atoms with E-state index in [9.17, 15) is 5.26 Å². The molecule has 0 aliphatic carbocycles. The van der Waals surface area contributed by atoms with E-state index in [1.165, 1.54) is 0 Å². The maximum Gasteiger partial charge on any atom is 0.166 e. The van der Waals surface area contributed by atoms with Gasteiger partial charge < -0.3 is 10.5 Å². The largest absolute Gasteiger partial charge is 0.482 e. The van der Waals surface area contributed by atoms with Gasteiger partial charge in [0.05, 0.1) is 35.0 Å². The van der Waals surface area contributed by atoms with Crippen molar-refractivity contribution in [2.75, 3.05) is 5.73 Å². The average molecular weight is 425 g/mol. The zero-order valence-electron chi connectivity index (χ0n) is 18.2. The monoisotopic (exact) mass is 425 g/mol. The molecule has 0 fully saturated rings. The summed E-state index contributed by atoms with van der Waals surface area (Å²) in [5.41, 5.74) is 13.2. The van der Waals surface area contributed by atoms with E-state index in [1.807, 2.05) is 54.5 Å². The van der Waals surface area contributed by atoms with Crippen molar-refractivity contribution < 1.29 is 4.74 Å². The van der Waals surface area contributed by atoms with E-state index >= 15 is 0 Å². The summed E-state index contributed by atoms with van der Waals surface area (Å²) < 4.78 is 10.1. The summed E-state index contributed by atoms with van der Waals surface area (Å²) in [5, 5.41) is 18.9. The molecule has 3 aromatic heterocycles. The number of anilines is 1. The van der Waals surface area contributed by atoms with Crippen molar-refractivity contribution in [1.82, 2.24) is 24.5 Å². The minimum atomic E-state index is -0.318. The van der Waals surface area contributed by atoms with E-state index in [1.54, 1.807) is 12.4 Å². The third kappa shape index (κ3) is 3.10. The molecule has 32 heavy (non-hydrogen) atoms. The highest BCUT2D eigenvalue weighted by Crippen LogP contribution is 2.36. The van der Waals surface area contributed by atoms with Gasteiger partial charge in [-0.05, 0) is 32.9 Å². The number of pyridine rings is 1. The van der Waals surface area contributed by atoms with E-state index in [0.29, 0.717) is 30.1 Å². The zero-order chi connectivity index (χ0) is 22.4. The van der Waals surface area contributed by atoms with Crippen LogP contribution in [0.2, 0.25) is 0 Å². The van der Waals surface area contributed by atoms with Crippen LogP contribution in [0.25, 0.3) is 16.9 Å². The van der Waals surface area contributed by atoms with E-state index in [0.717, 1.165) is 39.3 Å². The molecule has 2 bridgehead atoms. The van der Waals surface area contributed by atoms with Gasteiger partial charge in [0.15, 0.2) is 11.6 Å². The van der Waals surface area contributed by atoms with Crippen molar-refractivity contribution >= 4 is 5.82 Å². The van der Waals surface area contributed by atoms with Gasteiger partial charge in [-0.3, -0.25) is 4.68 Å². The minimum Gasteiger partial charge on any atom is -0.482 e. The lowest BCUT2D eigenvalue weighted by atomic mass is 10.0. The second kappa shape index (κ2) is 7.54. The summed E-state index contributed by atoms with van der Waals surface area (Å²) in [4.78, 5) is 4.40. The standard InChI is InChI=1S/C24H23N7O/c1-4-30-23-16(12-28-30)8-21-18(10-25)13-29-31(21)20-6-5-14(2)7-19(20)15(3)32-22-9-17(23)11-27-24(22)26/h5-7,9,11-13,15H,4,8H2,1-3H3,(H2,26,27). The number of nitrogens with two attached hydrogens (primary N) is 1. The number of nitrogens with zero attached hydrogens (tertiary/aromatic N) is 6. The van der Waals surface area contributed by atoms with E-state index < -0.39 is 0 Å². The van der Waals surface area contributed by atoms with Crippen LogP contribution >= 0.6 is 0 Å². The number of hydrogen-bond acceptors (Lipinski definition) is 6. The Morgan fingerprint density at radius 1 is 1.22 bits per heavy atom. The first-order valence-electron chi connectivity index (χ1n) is 10.5. The number of hydrogen-bond donors (Lipinski definition) is 1. The van der Waals surface area contributed by atoms with Crippen molar-refractivity contribution in [2.24, 2.45) is 0 Å². The zero-order valence-corrected chi connectivity index (χ0v) is 18.2. The van der Waals surface area contributed by atoms with Gasteiger partial charge >= 0.3 is 0 Å². The Kier molecular flexibility index (Phi) is 4.67. The fraction of sp³-hybridized carbons (Fsp3) is 0.250. The van der Waals surface area contributed by atoms with Gasteiger partial charge in [0.2, 0.25) is 0 Å². The Balaban J connectivity index is 1.83. The number of ether oxygens (including phenoxy) is 1. The van der Waals surface area contributed by atoms with Crippen LogP contribution in [0.5, 0.6) is 5.75 Å². The number of aryl methyl sites for hydroxylation is 2. The predicted octanol–water partition coefficient (Wildman–Crippen LogP) is 3.96. The lowest BCUT2D eigenvalue weighted by Crippen LogP contribution is -2.14. The first kappa shape index (κ1) is 19.8. The van der Waals surface area contributed by atoms with Crippen molar-refractivity contribution in [1.29, 1.82) is 5.26 Å². The number of aromatic nitrogens is 5. The molecule has 4 aromatic rings. The Morgan fingerprint density at radius 2 is 2.06 bits per heavy atom. The highest BCUT2D eigenvalue weighted by Gasteiger charge is 2.24. The molecule has 0 saturated carbocycles. The van der Waals surface area contributed by atoms with Gasteiger partial charge in [0.25, 0.3) is 0 Å². The first-order chi connectivity index (χ1) is 15.5. The molecule has 2 N–H and O–H groups in total. The predicted molar refractivity (Wildman–Crippen MR) is 120 cm³/mol. The summed E-state index contributed by atoms with van der Waals surface area (Å²) in [5.74, 6) is 0.860. The Morgan fingerprint density at radius 3 is 2.84 bits per heavy atom. The van der Waals surface area contributed by atoms with E-state index in [2.05, 4.69) is 27.3 Å². The molecule has 1 aliphatic heterocycles. The van der Waals surface area contributed by atoms with Crippen molar-refractivity contribution in [2.45, 2.75) is 39.8 Å². The third-order valence-corrected chi connectivity index (χ3v) is 5.87. The lowest BCUT2D eigenvalue weighted by molar-refractivity contribution is 0.227. The molecule has 1 atom stereocenters. The topological polar surface area (TPSA) is 108 Å². The number of nitrogen functional groups attached to an aromatic ring is 1. The van der Waals surface area contributed by atoms with Gasteiger partial charge in [-0.2, -0.15) is 15.5 Å². The maximum absolute atomic E-state index is 9.78. The number of rotatable bonds is 1. The number of nitriles is 1. The smallest absolute Gasteiger partial charge is 0.166 e. The molecule has 1 aliphatic rings. The summed E-state index contributed by atoms with van der Waals surface area (Å²) in [6.07, 6.45) is 5.39. The average Bonchev–Trinajstić information content (AvgIpc) is 3.38. The van der Waals surface area contributed by atoms with E-state index in [4.69, 9.17) is 10.5 Å². The molecule has 0 spiro atoms. The lowest BCUT2D eigenvalue weighted by Gasteiger charge is -2.22. The third-order valence-electron chi connectivity index (χ3n) is 5.87. The SMILES string of the molecule is CCn1ncc2c1-c1cnc(N)c(c1)OC(C)c1cc(C)ccc1-n1ncc(C#N)c1C2. The normalized spacial score (nSPS) is 14.8. The Labute approximate surface area is 185 Å². The molecule has 5 rings (SSSR count). The quantitative estimate of drug-likeness (QED) is 0.495. The molecule has 0 radical (unpaired) electrons. The molecule has 1 aromatic carbocycles. The van der Waals surface area contributed by atoms with Crippen molar-refractivity contribution in [3.8, 4) is 28.8 Å². The van der Waals surface area contributed by atoms with Gasteiger partial charge in [0.1, 0.15) is 12.2 Å². The van der Waals surface area contributed by atoms with Crippen molar-refractivity contribution in [3.63, 3.8) is 0 Å². The highest BCUT2D eigenvalue weighted by atomic mass is 16.5. The fourth-order valence-corrected chi connectivity index (χ4v) is 4.28. The summed E-state index contributed by atoms with van der Waals surface area (Å²) in [6.45, 7) is 6.75. The first-order valence-corrected chi connectivity index (χ1v) is 10.5. The highest BCUT2D eigenvalue weighted by molar-refractivity contribution is 5.68. The molecule has 0 saturated heterocycles. The van der Waals surface area contributed by atoms with Crippen LogP contribution in [0.1, 0.15) is 47.9 Å². The number of benzene rings is 1. The molecule has 4 heterocycles. The van der Waals surface area contributed by atoms with Crippen LogP contribution in [0, 0.1) is 18.3 Å². The molecule has 160 valence electrons. The minimum absolute atomic E-state index is 0.318. The molecule has 8 heteroatoms. The molecular weight excluding hydrogens is 402 g/mol. The van der Waals surface area contributed by atoms with Crippen LogP contribution in [-0.2, 0) is 13.0 Å². The molecule has 0 amide bonds. The second-order valence-corrected chi connectivity index (χ2v) is 7.97.